The van der Waals surface area contributed by atoms with Crippen molar-refractivity contribution in [2.45, 2.75) is 58.4 Å². The van der Waals surface area contributed by atoms with E-state index in [1.54, 1.807) is 13.8 Å². The molecule has 1 saturated carbocycles. The van der Waals surface area contributed by atoms with E-state index in [-0.39, 0.29) is 24.8 Å². The predicted octanol–water partition coefficient (Wildman–Crippen LogP) is 1.39. The molecule has 0 spiro atoms. The van der Waals surface area contributed by atoms with Crippen molar-refractivity contribution in [2.24, 2.45) is 11.0 Å². The topological polar surface area (TPSA) is 90.9 Å². The lowest BCUT2D eigenvalue weighted by Crippen LogP contribution is -2.40. The number of hydrogen-bond acceptors (Lipinski definition) is 4. The molecule has 0 unspecified atom stereocenters. The Balaban J connectivity index is 1.80. The fourth-order valence-corrected chi connectivity index (χ4v) is 2.79. The van der Waals surface area contributed by atoms with Gasteiger partial charge in [0.15, 0.2) is 0 Å². The van der Waals surface area contributed by atoms with Crippen LogP contribution in [0.15, 0.2) is 5.10 Å². The van der Waals surface area contributed by atoms with Gasteiger partial charge in [0.25, 0.3) is 5.91 Å². The number of hydrogen-bond donors (Lipinski definition) is 2. The van der Waals surface area contributed by atoms with Gasteiger partial charge in [-0.1, -0.05) is 6.92 Å². The van der Waals surface area contributed by atoms with Crippen molar-refractivity contribution in [3.8, 4) is 0 Å². The lowest BCUT2D eigenvalue weighted by Gasteiger charge is -2.19. The van der Waals surface area contributed by atoms with Crippen LogP contribution in [0.2, 0.25) is 0 Å². The molecule has 7 heteroatoms. The van der Waals surface area contributed by atoms with E-state index >= 15 is 0 Å². The number of rotatable bonds is 4. The lowest BCUT2D eigenvalue weighted by atomic mass is 9.89. The number of hydrazone groups is 1. The fraction of sp³-hybridized carbons (Fsp3) is 0.733. The highest BCUT2D eigenvalue weighted by Gasteiger charge is 2.43. The van der Waals surface area contributed by atoms with Gasteiger partial charge < -0.3 is 5.32 Å². The summed E-state index contributed by atoms with van der Waals surface area (Å²) in [5.74, 6) is 0.0197. The molecule has 0 bridgehead atoms. The van der Waals surface area contributed by atoms with Gasteiger partial charge in [-0.3, -0.25) is 14.5 Å². The Morgan fingerprint density at radius 2 is 2.18 bits per heavy atom. The maximum absolute atomic E-state index is 12.0. The number of carbonyl (C=O) groups excluding carboxylic acids is 3. The summed E-state index contributed by atoms with van der Waals surface area (Å²) in [5, 5.41) is 6.74. The number of urea groups is 1. The Morgan fingerprint density at radius 1 is 1.45 bits per heavy atom. The van der Waals surface area contributed by atoms with Gasteiger partial charge in [0.1, 0.15) is 5.54 Å². The Hall–Kier alpha value is -1.92. The summed E-state index contributed by atoms with van der Waals surface area (Å²) < 4.78 is 0. The molecule has 4 amide bonds. The molecule has 1 heterocycles. The average Bonchev–Trinajstić information content (AvgIpc) is 2.63. The standard InChI is InChI=1S/C15H24N4O3/c1-10-5-4-6-11(9-10)17-18-12(20)7-8-19-13(21)15(2,3)16-14(19)22/h10H,4-9H2,1-3H3,(H,16,22)(H,18,20)/b17-11+/t10-/m1/s1. The van der Waals surface area contributed by atoms with E-state index in [9.17, 15) is 14.4 Å². The molecule has 0 aromatic heterocycles. The van der Waals surface area contributed by atoms with E-state index in [2.05, 4.69) is 22.8 Å². The zero-order valence-electron chi connectivity index (χ0n) is 13.4. The number of nitrogens with one attached hydrogen (secondary N) is 2. The van der Waals surface area contributed by atoms with Crippen molar-refractivity contribution in [1.82, 2.24) is 15.6 Å². The number of carbonyl (C=O) groups is 3. The van der Waals surface area contributed by atoms with Crippen molar-refractivity contribution in [3.05, 3.63) is 0 Å². The van der Waals surface area contributed by atoms with Crippen LogP contribution in [-0.2, 0) is 9.59 Å². The van der Waals surface area contributed by atoms with Crippen LogP contribution in [0.5, 0.6) is 0 Å². The van der Waals surface area contributed by atoms with Crippen LogP contribution in [-0.4, -0.2) is 40.5 Å². The minimum atomic E-state index is -0.897. The van der Waals surface area contributed by atoms with Crippen molar-refractivity contribution in [1.29, 1.82) is 0 Å². The Bertz CT molecular complexity index is 513. The van der Waals surface area contributed by atoms with Gasteiger partial charge in [0.2, 0.25) is 5.91 Å². The Morgan fingerprint density at radius 3 is 2.77 bits per heavy atom. The van der Waals surface area contributed by atoms with Crippen LogP contribution in [0.4, 0.5) is 4.79 Å². The normalized spacial score (nSPS) is 26.2. The summed E-state index contributed by atoms with van der Waals surface area (Å²) in [6.45, 7) is 5.53. The molecule has 2 fully saturated rings. The molecule has 1 saturated heterocycles. The Labute approximate surface area is 130 Å². The van der Waals surface area contributed by atoms with Crippen LogP contribution in [0.3, 0.4) is 0 Å². The second kappa shape index (κ2) is 6.46. The molecule has 22 heavy (non-hydrogen) atoms. The molecule has 2 rings (SSSR count). The zero-order valence-corrected chi connectivity index (χ0v) is 13.4. The van der Waals surface area contributed by atoms with Gasteiger partial charge in [-0.2, -0.15) is 5.10 Å². The van der Waals surface area contributed by atoms with E-state index in [4.69, 9.17) is 0 Å². The fourth-order valence-electron chi connectivity index (χ4n) is 2.79. The average molecular weight is 308 g/mol. The Kier molecular flexibility index (Phi) is 4.83. The van der Waals surface area contributed by atoms with E-state index in [1.807, 2.05) is 0 Å². The molecule has 2 aliphatic rings. The first kappa shape index (κ1) is 16.5. The first-order valence-corrected chi connectivity index (χ1v) is 7.78. The van der Waals surface area contributed by atoms with Crippen molar-refractivity contribution in [3.63, 3.8) is 0 Å². The highest BCUT2D eigenvalue weighted by Crippen LogP contribution is 2.21. The highest BCUT2D eigenvalue weighted by atomic mass is 16.2. The van der Waals surface area contributed by atoms with Gasteiger partial charge in [0, 0.05) is 18.7 Å². The molecule has 0 radical (unpaired) electrons. The van der Waals surface area contributed by atoms with E-state index < -0.39 is 11.6 Å². The van der Waals surface area contributed by atoms with Crippen LogP contribution >= 0.6 is 0 Å². The van der Waals surface area contributed by atoms with Crippen molar-refractivity contribution >= 4 is 23.6 Å². The number of amides is 4. The second-order valence-electron chi connectivity index (χ2n) is 6.68. The van der Waals surface area contributed by atoms with Crippen molar-refractivity contribution < 1.29 is 14.4 Å². The maximum Gasteiger partial charge on any atom is 0.325 e. The first-order valence-electron chi connectivity index (χ1n) is 7.78. The summed E-state index contributed by atoms with van der Waals surface area (Å²) >= 11 is 0. The second-order valence-corrected chi connectivity index (χ2v) is 6.68. The van der Waals surface area contributed by atoms with Crippen LogP contribution in [0.25, 0.3) is 0 Å². The molecule has 1 aliphatic heterocycles. The molecule has 7 nitrogen and oxygen atoms in total. The summed E-state index contributed by atoms with van der Waals surface area (Å²) in [7, 11) is 0. The van der Waals surface area contributed by atoms with Gasteiger partial charge >= 0.3 is 6.03 Å². The van der Waals surface area contributed by atoms with E-state index in [0.29, 0.717) is 5.92 Å². The smallest absolute Gasteiger partial charge is 0.324 e. The third-order valence-corrected chi connectivity index (χ3v) is 4.09. The monoisotopic (exact) mass is 308 g/mol. The summed E-state index contributed by atoms with van der Waals surface area (Å²) in [4.78, 5) is 36.6. The zero-order chi connectivity index (χ0) is 16.3. The lowest BCUT2D eigenvalue weighted by molar-refractivity contribution is -0.130. The minimum absolute atomic E-state index is 0.0571. The molecule has 2 N–H and O–H groups in total. The molecule has 0 aromatic carbocycles. The molecular formula is C15H24N4O3. The predicted molar refractivity (Wildman–Crippen MR) is 82.2 cm³/mol. The van der Waals surface area contributed by atoms with Crippen molar-refractivity contribution in [2.75, 3.05) is 6.54 Å². The van der Waals surface area contributed by atoms with Crippen LogP contribution in [0.1, 0.15) is 52.9 Å². The quantitative estimate of drug-likeness (QED) is 0.607. The number of imide groups is 1. The SMILES string of the molecule is C[C@@H]1CCC/C(=N\NC(=O)CCN2C(=O)NC(C)(C)C2=O)C1. The molecule has 1 atom stereocenters. The summed E-state index contributed by atoms with van der Waals surface area (Å²) in [6.07, 6.45) is 4.21. The summed E-state index contributed by atoms with van der Waals surface area (Å²) in [6, 6.07) is -0.449. The van der Waals surface area contributed by atoms with Gasteiger partial charge in [-0.15, -0.1) is 0 Å². The van der Waals surface area contributed by atoms with Gasteiger partial charge in [0.05, 0.1) is 0 Å². The van der Waals surface area contributed by atoms with Gasteiger partial charge in [-0.25, -0.2) is 10.2 Å². The third-order valence-electron chi connectivity index (χ3n) is 4.09. The molecule has 122 valence electrons. The largest absolute Gasteiger partial charge is 0.325 e. The molecule has 1 aliphatic carbocycles. The third kappa shape index (κ3) is 3.84. The molecule has 0 aromatic rings. The minimum Gasteiger partial charge on any atom is -0.324 e. The van der Waals surface area contributed by atoms with Crippen LogP contribution in [0, 0.1) is 5.92 Å². The van der Waals surface area contributed by atoms with E-state index in [1.165, 1.54) is 6.42 Å². The summed E-state index contributed by atoms with van der Waals surface area (Å²) in [5.41, 5.74) is 2.65. The highest BCUT2D eigenvalue weighted by molar-refractivity contribution is 6.06. The van der Waals surface area contributed by atoms with Crippen LogP contribution < -0.4 is 10.7 Å². The maximum atomic E-state index is 12.0. The molecular weight excluding hydrogens is 284 g/mol. The first-order chi connectivity index (χ1) is 10.3. The van der Waals surface area contributed by atoms with Gasteiger partial charge in [-0.05, 0) is 45.4 Å². The number of nitrogens with zero attached hydrogens (tertiary/aromatic N) is 2. The van der Waals surface area contributed by atoms with E-state index in [0.717, 1.165) is 29.9 Å².